The van der Waals surface area contributed by atoms with Crippen molar-refractivity contribution in [1.82, 2.24) is 14.9 Å². The lowest BCUT2D eigenvalue weighted by Gasteiger charge is -2.14. The number of fused-ring (bicyclic) bond motifs is 1. The molecule has 0 unspecified atom stereocenters. The van der Waals surface area contributed by atoms with Crippen molar-refractivity contribution in [1.29, 1.82) is 0 Å². The molecule has 0 atom stereocenters. The van der Waals surface area contributed by atoms with Gasteiger partial charge < -0.3 is 15.2 Å². The normalized spacial score (nSPS) is 11.3. The first-order valence-electron chi connectivity index (χ1n) is 7.52. The molecule has 114 valence electrons. The number of nitrogens with zero attached hydrogens (tertiary/aromatic N) is 2. The number of aromatic amines is 1. The van der Waals surface area contributed by atoms with E-state index in [9.17, 15) is 0 Å². The van der Waals surface area contributed by atoms with Gasteiger partial charge in [-0.2, -0.15) is 0 Å². The SMILES string of the molecule is Cc1ccc(CN(C)C)cc1NCc1ccnc2[nH]ccc12. The molecule has 0 radical (unpaired) electrons. The molecule has 4 heteroatoms. The van der Waals surface area contributed by atoms with Gasteiger partial charge in [0.05, 0.1) is 0 Å². The maximum Gasteiger partial charge on any atom is 0.137 e. The molecule has 0 fully saturated rings. The molecule has 0 saturated carbocycles. The molecule has 2 N–H and O–H groups in total. The summed E-state index contributed by atoms with van der Waals surface area (Å²) in [4.78, 5) is 9.67. The van der Waals surface area contributed by atoms with Gasteiger partial charge in [0.25, 0.3) is 0 Å². The Balaban J connectivity index is 1.80. The highest BCUT2D eigenvalue weighted by Gasteiger charge is 2.05. The highest BCUT2D eigenvalue weighted by atomic mass is 15.0. The molecule has 3 rings (SSSR count). The predicted molar refractivity (Wildman–Crippen MR) is 92.0 cm³/mol. The third-order valence-electron chi connectivity index (χ3n) is 3.82. The molecule has 0 aliphatic heterocycles. The Labute approximate surface area is 131 Å². The fourth-order valence-electron chi connectivity index (χ4n) is 2.69. The smallest absolute Gasteiger partial charge is 0.137 e. The zero-order chi connectivity index (χ0) is 15.5. The van der Waals surface area contributed by atoms with Crippen LogP contribution in [0.1, 0.15) is 16.7 Å². The van der Waals surface area contributed by atoms with E-state index in [4.69, 9.17) is 0 Å². The number of pyridine rings is 1. The quantitative estimate of drug-likeness (QED) is 0.756. The number of anilines is 1. The number of aromatic nitrogens is 2. The van der Waals surface area contributed by atoms with Crippen molar-refractivity contribution < 1.29 is 0 Å². The third kappa shape index (κ3) is 3.12. The minimum Gasteiger partial charge on any atom is -0.381 e. The van der Waals surface area contributed by atoms with Crippen LogP contribution in [0.3, 0.4) is 0 Å². The number of nitrogens with one attached hydrogen (secondary N) is 2. The van der Waals surface area contributed by atoms with E-state index in [0.29, 0.717) is 0 Å². The largest absolute Gasteiger partial charge is 0.381 e. The molecular formula is C18H22N4. The number of benzene rings is 1. The zero-order valence-electron chi connectivity index (χ0n) is 13.4. The van der Waals surface area contributed by atoms with Crippen LogP contribution >= 0.6 is 0 Å². The van der Waals surface area contributed by atoms with Crippen molar-refractivity contribution in [3.63, 3.8) is 0 Å². The molecule has 0 saturated heterocycles. The molecule has 0 amide bonds. The molecule has 1 aromatic carbocycles. The number of rotatable bonds is 5. The fourth-order valence-corrected chi connectivity index (χ4v) is 2.69. The molecule has 2 aromatic heterocycles. The van der Waals surface area contributed by atoms with Crippen LogP contribution in [-0.2, 0) is 13.1 Å². The van der Waals surface area contributed by atoms with Gasteiger partial charge in [-0.3, -0.25) is 0 Å². The van der Waals surface area contributed by atoms with Crippen molar-refractivity contribution in [2.75, 3.05) is 19.4 Å². The zero-order valence-corrected chi connectivity index (χ0v) is 13.4. The Kier molecular flexibility index (Phi) is 4.11. The summed E-state index contributed by atoms with van der Waals surface area (Å²) in [5.41, 5.74) is 5.97. The first kappa shape index (κ1) is 14.6. The van der Waals surface area contributed by atoms with Crippen molar-refractivity contribution in [2.24, 2.45) is 0 Å². The predicted octanol–water partition coefficient (Wildman–Crippen LogP) is 3.55. The van der Waals surface area contributed by atoms with Gasteiger partial charge in [0.2, 0.25) is 0 Å². The van der Waals surface area contributed by atoms with Crippen LogP contribution in [0.2, 0.25) is 0 Å². The van der Waals surface area contributed by atoms with Crippen LogP contribution in [0.25, 0.3) is 11.0 Å². The lowest BCUT2D eigenvalue weighted by atomic mass is 10.1. The first-order valence-corrected chi connectivity index (χ1v) is 7.52. The second kappa shape index (κ2) is 6.20. The van der Waals surface area contributed by atoms with Gasteiger partial charge >= 0.3 is 0 Å². The molecule has 22 heavy (non-hydrogen) atoms. The molecular weight excluding hydrogens is 272 g/mol. The van der Waals surface area contributed by atoms with E-state index in [0.717, 1.165) is 18.7 Å². The van der Waals surface area contributed by atoms with Crippen LogP contribution in [-0.4, -0.2) is 29.0 Å². The van der Waals surface area contributed by atoms with E-state index in [1.54, 1.807) is 0 Å². The maximum atomic E-state index is 4.33. The van der Waals surface area contributed by atoms with Crippen molar-refractivity contribution in [3.8, 4) is 0 Å². The first-order chi connectivity index (χ1) is 10.6. The molecule has 0 spiro atoms. The minimum atomic E-state index is 0.795. The second-order valence-electron chi connectivity index (χ2n) is 5.95. The monoisotopic (exact) mass is 294 g/mol. The Hall–Kier alpha value is -2.33. The number of hydrogen-bond acceptors (Lipinski definition) is 3. The third-order valence-corrected chi connectivity index (χ3v) is 3.82. The highest BCUT2D eigenvalue weighted by Crippen LogP contribution is 2.21. The molecule has 0 aliphatic carbocycles. The van der Waals surface area contributed by atoms with Gasteiger partial charge in [0.1, 0.15) is 5.65 Å². The minimum absolute atomic E-state index is 0.795. The molecule has 0 bridgehead atoms. The second-order valence-corrected chi connectivity index (χ2v) is 5.95. The Bertz CT molecular complexity index is 774. The summed E-state index contributed by atoms with van der Waals surface area (Å²) in [6, 6.07) is 10.8. The highest BCUT2D eigenvalue weighted by molar-refractivity contribution is 5.79. The molecule has 4 nitrogen and oxygen atoms in total. The van der Waals surface area contributed by atoms with Gasteiger partial charge in [-0.05, 0) is 55.9 Å². The Morgan fingerprint density at radius 2 is 2.05 bits per heavy atom. The van der Waals surface area contributed by atoms with Gasteiger partial charge in [-0.1, -0.05) is 12.1 Å². The van der Waals surface area contributed by atoms with Crippen LogP contribution in [0.4, 0.5) is 5.69 Å². The lowest BCUT2D eigenvalue weighted by Crippen LogP contribution is -2.11. The maximum absolute atomic E-state index is 4.33. The average Bonchev–Trinajstić information content (AvgIpc) is 2.96. The van der Waals surface area contributed by atoms with Gasteiger partial charge in [-0.25, -0.2) is 4.98 Å². The van der Waals surface area contributed by atoms with Gasteiger partial charge in [-0.15, -0.1) is 0 Å². The van der Waals surface area contributed by atoms with Crippen LogP contribution < -0.4 is 5.32 Å². The Morgan fingerprint density at radius 1 is 1.18 bits per heavy atom. The van der Waals surface area contributed by atoms with Crippen LogP contribution in [0, 0.1) is 6.92 Å². The standard InChI is InChI=1S/C18H22N4/c1-13-4-5-14(12-22(2)3)10-17(13)21-11-15-6-8-19-18-16(15)7-9-20-18/h4-10,21H,11-12H2,1-3H3,(H,19,20). The molecule has 0 aliphatic rings. The summed E-state index contributed by atoms with van der Waals surface area (Å²) >= 11 is 0. The summed E-state index contributed by atoms with van der Waals surface area (Å²) in [7, 11) is 4.18. The van der Waals surface area contributed by atoms with Gasteiger partial charge in [0, 0.05) is 36.6 Å². The van der Waals surface area contributed by atoms with Crippen molar-refractivity contribution in [3.05, 3.63) is 59.4 Å². The molecule has 2 heterocycles. The summed E-state index contributed by atoms with van der Waals surface area (Å²) in [5.74, 6) is 0. The average molecular weight is 294 g/mol. The van der Waals surface area contributed by atoms with E-state index >= 15 is 0 Å². The summed E-state index contributed by atoms with van der Waals surface area (Å²) < 4.78 is 0. The summed E-state index contributed by atoms with van der Waals surface area (Å²) in [6.45, 7) is 3.88. The van der Waals surface area contributed by atoms with Crippen molar-refractivity contribution >= 4 is 16.7 Å². The van der Waals surface area contributed by atoms with Crippen LogP contribution in [0.5, 0.6) is 0 Å². The van der Waals surface area contributed by atoms with Gasteiger partial charge in [0.15, 0.2) is 0 Å². The van der Waals surface area contributed by atoms with E-state index in [1.807, 2.05) is 12.4 Å². The fraction of sp³-hybridized carbons (Fsp3) is 0.278. The summed E-state index contributed by atoms with van der Waals surface area (Å²) in [6.07, 6.45) is 3.79. The van der Waals surface area contributed by atoms with Crippen LogP contribution in [0.15, 0.2) is 42.7 Å². The van der Waals surface area contributed by atoms with E-state index in [1.165, 1.54) is 27.8 Å². The number of hydrogen-bond donors (Lipinski definition) is 2. The van der Waals surface area contributed by atoms with E-state index < -0.39 is 0 Å². The summed E-state index contributed by atoms with van der Waals surface area (Å²) in [5, 5.41) is 4.74. The van der Waals surface area contributed by atoms with E-state index in [-0.39, 0.29) is 0 Å². The lowest BCUT2D eigenvalue weighted by molar-refractivity contribution is 0.402. The van der Waals surface area contributed by atoms with E-state index in [2.05, 4.69) is 71.5 Å². The number of aryl methyl sites for hydroxylation is 1. The topological polar surface area (TPSA) is 44.0 Å². The molecule has 3 aromatic rings. The van der Waals surface area contributed by atoms with Crippen molar-refractivity contribution in [2.45, 2.75) is 20.0 Å². The number of H-pyrrole nitrogens is 1. The Morgan fingerprint density at radius 3 is 2.86 bits per heavy atom.